The van der Waals surface area contributed by atoms with Crippen molar-refractivity contribution in [3.63, 3.8) is 0 Å². The van der Waals surface area contributed by atoms with Crippen LogP contribution >= 0.6 is 0 Å². The molecule has 1 aliphatic heterocycles. The Bertz CT molecular complexity index is 1040. The van der Waals surface area contributed by atoms with Crippen LogP contribution in [-0.2, 0) is 6.42 Å². The Morgan fingerprint density at radius 2 is 2.04 bits per heavy atom. The van der Waals surface area contributed by atoms with Crippen molar-refractivity contribution < 1.29 is 9.72 Å². The molecule has 26 heavy (non-hydrogen) atoms. The number of carbonyl (C=O) groups is 1. The average Bonchev–Trinajstić information content (AvgIpc) is 3.07. The molecule has 0 atom stereocenters. The van der Waals surface area contributed by atoms with Gasteiger partial charge in [-0.05, 0) is 52.8 Å². The maximum Gasteiger partial charge on any atom is 0.398 e. The van der Waals surface area contributed by atoms with Crippen molar-refractivity contribution in [3.8, 4) is 16.8 Å². The molecule has 0 spiro atoms. The molecule has 0 aliphatic carbocycles. The van der Waals surface area contributed by atoms with E-state index < -0.39 is 4.92 Å². The van der Waals surface area contributed by atoms with Gasteiger partial charge in [-0.2, -0.15) is 0 Å². The van der Waals surface area contributed by atoms with E-state index >= 15 is 0 Å². The molecule has 0 unspecified atom stereocenters. The second-order valence-corrected chi connectivity index (χ2v) is 6.04. The minimum atomic E-state index is -0.510. The summed E-state index contributed by atoms with van der Waals surface area (Å²) in [6, 6.07) is 12.2. The summed E-state index contributed by atoms with van der Waals surface area (Å²) in [6.07, 6.45) is 2.30. The Hall–Kier alpha value is -3.68. The quantitative estimate of drug-likeness (QED) is 0.428. The van der Waals surface area contributed by atoms with Crippen molar-refractivity contribution in [2.45, 2.75) is 6.42 Å². The highest BCUT2D eigenvalue weighted by Crippen LogP contribution is 2.32. The Labute approximate surface area is 148 Å². The van der Waals surface area contributed by atoms with Gasteiger partial charge in [0, 0.05) is 17.8 Å². The van der Waals surface area contributed by atoms with E-state index in [1.807, 2.05) is 6.07 Å². The van der Waals surface area contributed by atoms with Crippen molar-refractivity contribution >= 4 is 17.4 Å². The monoisotopic (exact) mass is 349 g/mol. The molecule has 0 fully saturated rings. The van der Waals surface area contributed by atoms with Crippen molar-refractivity contribution in [2.24, 2.45) is 0 Å². The molecule has 4 rings (SSSR count). The maximum absolute atomic E-state index is 11.9. The fraction of sp³-hybridized carbons (Fsp3) is 0.111. The Balaban J connectivity index is 1.84. The first kappa shape index (κ1) is 15.8. The number of nitro groups is 1. The third-order valence-electron chi connectivity index (χ3n) is 4.34. The van der Waals surface area contributed by atoms with E-state index in [1.165, 1.54) is 4.68 Å². The van der Waals surface area contributed by atoms with Gasteiger partial charge < -0.3 is 21.2 Å². The zero-order valence-electron chi connectivity index (χ0n) is 13.7. The molecule has 2 aromatic carbocycles. The van der Waals surface area contributed by atoms with Crippen molar-refractivity contribution in [1.82, 2.24) is 15.1 Å². The zero-order valence-corrected chi connectivity index (χ0v) is 13.7. The summed E-state index contributed by atoms with van der Waals surface area (Å²) in [5.41, 5.74) is 9.49. The number of nitrogen functional groups attached to an aromatic ring is 1. The molecular weight excluding hydrogens is 334 g/mol. The molecular formula is C18H15N5O3. The lowest BCUT2D eigenvalue weighted by molar-refractivity contribution is -0.389. The molecule has 8 heteroatoms. The van der Waals surface area contributed by atoms with Crippen LogP contribution in [0.25, 0.3) is 16.8 Å². The van der Waals surface area contributed by atoms with Gasteiger partial charge in [0.15, 0.2) is 0 Å². The highest BCUT2D eigenvalue weighted by Gasteiger charge is 2.25. The minimum Gasteiger partial charge on any atom is -0.399 e. The number of hydrogen-bond donors (Lipinski definition) is 2. The molecule has 0 saturated heterocycles. The highest BCUT2D eigenvalue weighted by molar-refractivity contribution is 5.97. The SMILES string of the molecule is Nc1cccc(-n2cc(-c3ccc4c(c3)CCNC4=O)c([N+](=O)[O-])n2)c1. The number of hydrogen-bond acceptors (Lipinski definition) is 5. The molecule has 3 N–H and O–H groups in total. The number of amides is 1. The molecule has 1 aromatic heterocycles. The van der Waals surface area contributed by atoms with Crippen LogP contribution in [0.4, 0.5) is 11.5 Å². The number of nitrogens with one attached hydrogen (secondary N) is 1. The third-order valence-corrected chi connectivity index (χ3v) is 4.34. The van der Waals surface area contributed by atoms with Crippen molar-refractivity contribution in [3.05, 3.63) is 69.9 Å². The minimum absolute atomic E-state index is 0.122. The van der Waals surface area contributed by atoms with E-state index in [0.717, 1.165) is 5.56 Å². The van der Waals surface area contributed by atoms with Gasteiger partial charge in [-0.15, -0.1) is 4.68 Å². The smallest absolute Gasteiger partial charge is 0.398 e. The van der Waals surface area contributed by atoms with Gasteiger partial charge in [-0.25, -0.2) is 0 Å². The number of anilines is 1. The van der Waals surface area contributed by atoms with Gasteiger partial charge in [-0.1, -0.05) is 12.1 Å². The fourth-order valence-electron chi connectivity index (χ4n) is 3.10. The molecule has 0 radical (unpaired) electrons. The lowest BCUT2D eigenvalue weighted by Crippen LogP contribution is -2.31. The number of nitrogens with two attached hydrogens (primary N) is 1. The predicted octanol–water partition coefficient (Wildman–Crippen LogP) is 2.32. The van der Waals surface area contributed by atoms with Crippen LogP contribution in [0.1, 0.15) is 15.9 Å². The number of fused-ring (bicyclic) bond motifs is 1. The molecule has 130 valence electrons. The Morgan fingerprint density at radius 3 is 2.81 bits per heavy atom. The number of benzene rings is 2. The van der Waals surface area contributed by atoms with E-state index in [4.69, 9.17) is 5.73 Å². The normalized spacial score (nSPS) is 13.2. The molecule has 2 heterocycles. The second-order valence-electron chi connectivity index (χ2n) is 6.04. The van der Waals surface area contributed by atoms with Crippen LogP contribution in [-0.4, -0.2) is 27.2 Å². The van der Waals surface area contributed by atoms with Gasteiger partial charge in [0.05, 0.1) is 17.0 Å². The Morgan fingerprint density at radius 1 is 1.19 bits per heavy atom. The largest absolute Gasteiger partial charge is 0.399 e. The molecule has 3 aromatic rings. The lowest BCUT2D eigenvalue weighted by atomic mass is 9.96. The average molecular weight is 349 g/mol. The molecule has 1 aliphatic rings. The summed E-state index contributed by atoms with van der Waals surface area (Å²) in [5.74, 6) is -0.365. The van der Waals surface area contributed by atoms with Crippen LogP contribution in [0.5, 0.6) is 0 Å². The number of carbonyl (C=O) groups excluding carboxylic acids is 1. The summed E-state index contributed by atoms with van der Waals surface area (Å²) in [4.78, 5) is 22.9. The number of aromatic nitrogens is 2. The summed E-state index contributed by atoms with van der Waals surface area (Å²) in [7, 11) is 0. The van der Waals surface area contributed by atoms with Crippen molar-refractivity contribution in [1.29, 1.82) is 0 Å². The van der Waals surface area contributed by atoms with E-state index in [1.54, 1.807) is 42.6 Å². The van der Waals surface area contributed by atoms with Gasteiger partial charge in [0.2, 0.25) is 0 Å². The highest BCUT2D eigenvalue weighted by atomic mass is 16.6. The first-order valence-corrected chi connectivity index (χ1v) is 8.04. The Kier molecular flexibility index (Phi) is 3.65. The second kappa shape index (κ2) is 5.99. The summed E-state index contributed by atoms with van der Waals surface area (Å²) in [6.45, 7) is 0.555. The summed E-state index contributed by atoms with van der Waals surface area (Å²) in [5, 5.41) is 18.4. The van der Waals surface area contributed by atoms with Crippen LogP contribution in [0, 0.1) is 10.1 Å². The van der Waals surface area contributed by atoms with Crippen molar-refractivity contribution in [2.75, 3.05) is 12.3 Å². The van der Waals surface area contributed by atoms with E-state index in [9.17, 15) is 14.9 Å². The number of rotatable bonds is 3. The number of nitrogens with zero attached hydrogens (tertiary/aromatic N) is 3. The predicted molar refractivity (Wildman–Crippen MR) is 96.1 cm³/mol. The first-order valence-electron chi connectivity index (χ1n) is 8.04. The topological polar surface area (TPSA) is 116 Å². The fourth-order valence-corrected chi connectivity index (χ4v) is 3.10. The third kappa shape index (κ3) is 2.67. The standard InChI is InChI=1S/C18H15N5O3/c19-13-2-1-3-14(9-13)22-10-16(17(21-22)23(25)26)11-4-5-15-12(8-11)6-7-20-18(15)24/h1-5,8-10H,6-7,19H2,(H,20,24). The van der Waals surface area contributed by atoms with E-state index in [-0.39, 0.29) is 11.7 Å². The molecule has 8 nitrogen and oxygen atoms in total. The van der Waals surface area contributed by atoms with Gasteiger partial charge in [-0.3, -0.25) is 4.79 Å². The van der Waals surface area contributed by atoms with E-state index in [2.05, 4.69) is 10.4 Å². The van der Waals surface area contributed by atoms with Crippen LogP contribution in [0.15, 0.2) is 48.7 Å². The van der Waals surface area contributed by atoms with Gasteiger partial charge >= 0.3 is 5.82 Å². The molecule has 0 bridgehead atoms. The lowest BCUT2D eigenvalue weighted by Gasteiger charge is -2.16. The van der Waals surface area contributed by atoms with E-state index in [0.29, 0.717) is 41.0 Å². The van der Waals surface area contributed by atoms with Gasteiger partial charge in [0.25, 0.3) is 5.91 Å². The summed E-state index contributed by atoms with van der Waals surface area (Å²) >= 11 is 0. The molecule has 1 amide bonds. The van der Waals surface area contributed by atoms with Crippen LogP contribution < -0.4 is 11.1 Å². The zero-order chi connectivity index (χ0) is 18.3. The molecule has 0 saturated carbocycles. The van der Waals surface area contributed by atoms with Crippen LogP contribution in [0.3, 0.4) is 0 Å². The first-order chi connectivity index (χ1) is 12.5. The summed E-state index contributed by atoms with van der Waals surface area (Å²) < 4.78 is 1.44. The van der Waals surface area contributed by atoms with Gasteiger partial charge in [0.1, 0.15) is 5.56 Å². The van der Waals surface area contributed by atoms with Crippen LogP contribution in [0.2, 0.25) is 0 Å². The maximum atomic E-state index is 11.9.